The van der Waals surface area contributed by atoms with Crippen LogP contribution in [0.1, 0.15) is 15.9 Å². The Morgan fingerprint density at radius 2 is 1.95 bits per heavy atom. The van der Waals surface area contributed by atoms with Gasteiger partial charge in [0.05, 0.1) is 17.8 Å². The molecule has 1 aromatic carbocycles. The molecule has 4 nitrogen and oxygen atoms in total. The minimum absolute atomic E-state index is 0.547. The first kappa shape index (κ1) is 13.7. The summed E-state index contributed by atoms with van der Waals surface area (Å²) in [6, 6.07) is 13.6. The van der Waals surface area contributed by atoms with Crippen molar-refractivity contribution in [1.82, 2.24) is 14.8 Å². The van der Waals surface area contributed by atoms with E-state index in [2.05, 4.69) is 26.0 Å². The van der Waals surface area contributed by atoms with Gasteiger partial charge in [-0.05, 0) is 29.8 Å². The predicted octanol–water partition coefficient (Wildman–Crippen LogP) is 3.57. The highest BCUT2D eigenvalue weighted by atomic mass is 79.9. The lowest BCUT2D eigenvalue weighted by Gasteiger charge is -2.02. The molecule has 0 aliphatic rings. The monoisotopic (exact) mass is 341 g/mol. The first-order valence-corrected chi connectivity index (χ1v) is 7.24. The number of pyridine rings is 1. The van der Waals surface area contributed by atoms with Gasteiger partial charge >= 0.3 is 0 Å². The Morgan fingerprint density at radius 1 is 1.14 bits per heavy atom. The molecule has 0 N–H and O–H groups in total. The quantitative estimate of drug-likeness (QED) is 0.681. The van der Waals surface area contributed by atoms with Crippen molar-refractivity contribution in [2.24, 2.45) is 0 Å². The Balaban J connectivity index is 1.92. The fourth-order valence-corrected chi connectivity index (χ4v) is 2.35. The molecule has 2 aromatic heterocycles. The van der Waals surface area contributed by atoms with Crippen molar-refractivity contribution in [3.05, 3.63) is 70.5 Å². The minimum atomic E-state index is 0.547. The maximum Gasteiger partial charge on any atom is 0.153 e. The molecule has 0 fully saturated rings. The van der Waals surface area contributed by atoms with E-state index in [1.54, 1.807) is 17.1 Å². The number of carbonyl (C=O) groups is 1. The second kappa shape index (κ2) is 6.01. The van der Waals surface area contributed by atoms with E-state index in [1.807, 2.05) is 42.5 Å². The van der Waals surface area contributed by atoms with E-state index < -0.39 is 0 Å². The second-order valence-electron chi connectivity index (χ2n) is 4.59. The zero-order chi connectivity index (χ0) is 14.7. The maximum absolute atomic E-state index is 11.2. The average Bonchev–Trinajstić information content (AvgIpc) is 2.93. The van der Waals surface area contributed by atoms with Gasteiger partial charge in [-0.15, -0.1) is 0 Å². The van der Waals surface area contributed by atoms with Gasteiger partial charge in [-0.1, -0.05) is 34.1 Å². The van der Waals surface area contributed by atoms with E-state index in [0.29, 0.717) is 23.5 Å². The number of halogens is 1. The lowest BCUT2D eigenvalue weighted by molar-refractivity contribution is 0.112. The van der Waals surface area contributed by atoms with Crippen molar-refractivity contribution in [2.75, 3.05) is 0 Å². The Kier molecular flexibility index (Phi) is 3.92. The molecule has 0 unspecified atom stereocenters. The van der Waals surface area contributed by atoms with Gasteiger partial charge in [0.2, 0.25) is 0 Å². The van der Waals surface area contributed by atoms with Gasteiger partial charge in [0.15, 0.2) is 6.29 Å². The third-order valence-electron chi connectivity index (χ3n) is 3.08. The summed E-state index contributed by atoms with van der Waals surface area (Å²) in [5, 5.41) is 4.48. The highest BCUT2D eigenvalue weighted by Gasteiger charge is 2.11. The summed E-state index contributed by atoms with van der Waals surface area (Å²) < 4.78 is 2.80. The van der Waals surface area contributed by atoms with Crippen molar-refractivity contribution in [1.29, 1.82) is 0 Å². The second-order valence-corrected chi connectivity index (χ2v) is 5.51. The van der Waals surface area contributed by atoms with Gasteiger partial charge in [-0.25, -0.2) is 0 Å². The maximum atomic E-state index is 11.2. The summed E-state index contributed by atoms with van der Waals surface area (Å²) in [5.74, 6) is 0. The summed E-state index contributed by atoms with van der Waals surface area (Å²) in [6.45, 7) is 0.612. The van der Waals surface area contributed by atoms with Gasteiger partial charge in [-0.3, -0.25) is 14.5 Å². The van der Waals surface area contributed by atoms with Crippen molar-refractivity contribution in [3.8, 4) is 11.4 Å². The number of aromatic nitrogens is 3. The molecule has 3 rings (SSSR count). The van der Waals surface area contributed by atoms with E-state index in [9.17, 15) is 4.79 Å². The number of hydrogen-bond acceptors (Lipinski definition) is 3. The molecule has 2 heterocycles. The predicted molar refractivity (Wildman–Crippen MR) is 84.1 cm³/mol. The molecule has 3 aromatic rings. The Hall–Kier alpha value is -2.27. The average molecular weight is 342 g/mol. The van der Waals surface area contributed by atoms with E-state index in [1.165, 1.54) is 0 Å². The normalized spacial score (nSPS) is 10.5. The number of hydrogen-bond donors (Lipinski definition) is 0. The Bertz CT molecular complexity index is 751. The van der Waals surface area contributed by atoms with E-state index in [4.69, 9.17) is 0 Å². The minimum Gasteiger partial charge on any atom is -0.298 e. The fraction of sp³-hybridized carbons (Fsp3) is 0.0625. The topological polar surface area (TPSA) is 47.8 Å². The standard InChI is InChI=1S/C16H12BrN3O/c17-14-6-4-12(5-7-14)9-20-10-13(11-21)16(19-20)15-3-1-2-8-18-15/h1-8,10-11H,9H2. The summed E-state index contributed by atoms with van der Waals surface area (Å²) in [6.07, 6.45) is 4.26. The van der Waals surface area contributed by atoms with Crippen LogP contribution in [0.3, 0.4) is 0 Å². The van der Waals surface area contributed by atoms with Crippen LogP contribution in [-0.4, -0.2) is 21.1 Å². The van der Waals surface area contributed by atoms with Gasteiger partial charge in [0.1, 0.15) is 5.69 Å². The molecule has 0 saturated carbocycles. The van der Waals surface area contributed by atoms with Gasteiger partial charge in [0, 0.05) is 16.9 Å². The third-order valence-corrected chi connectivity index (χ3v) is 3.61. The van der Waals surface area contributed by atoms with Gasteiger partial charge < -0.3 is 0 Å². The molecule has 0 aliphatic carbocycles. The van der Waals surface area contributed by atoms with E-state index in [0.717, 1.165) is 16.3 Å². The van der Waals surface area contributed by atoms with Crippen LogP contribution >= 0.6 is 15.9 Å². The molecule has 0 atom stereocenters. The van der Waals surface area contributed by atoms with Crippen LogP contribution in [-0.2, 0) is 6.54 Å². The van der Waals surface area contributed by atoms with E-state index in [-0.39, 0.29) is 0 Å². The molecule has 0 spiro atoms. The van der Waals surface area contributed by atoms with Crippen LogP contribution in [0, 0.1) is 0 Å². The summed E-state index contributed by atoms with van der Waals surface area (Å²) in [4.78, 5) is 15.5. The lowest BCUT2D eigenvalue weighted by atomic mass is 10.2. The van der Waals surface area contributed by atoms with Crippen LogP contribution in [0.2, 0.25) is 0 Å². The van der Waals surface area contributed by atoms with Gasteiger partial charge in [0.25, 0.3) is 0 Å². The number of benzene rings is 1. The number of carbonyl (C=O) groups excluding carboxylic acids is 1. The molecule has 0 saturated heterocycles. The Labute approximate surface area is 130 Å². The van der Waals surface area contributed by atoms with Crippen molar-refractivity contribution in [3.63, 3.8) is 0 Å². The molecule has 0 radical (unpaired) electrons. The van der Waals surface area contributed by atoms with Crippen molar-refractivity contribution < 1.29 is 4.79 Å². The Morgan fingerprint density at radius 3 is 2.62 bits per heavy atom. The highest BCUT2D eigenvalue weighted by Crippen LogP contribution is 2.19. The molecular weight excluding hydrogens is 330 g/mol. The van der Waals surface area contributed by atoms with Crippen LogP contribution in [0.5, 0.6) is 0 Å². The van der Waals surface area contributed by atoms with Crippen LogP contribution in [0.15, 0.2) is 59.3 Å². The number of rotatable bonds is 4. The molecule has 21 heavy (non-hydrogen) atoms. The van der Waals surface area contributed by atoms with Crippen LogP contribution in [0.4, 0.5) is 0 Å². The molecule has 104 valence electrons. The van der Waals surface area contributed by atoms with Crippen LogP contribution < -0.4 is 0 Å². The van der Waals surface area contributed by atoms with Crippen LogP contribution in [0.25, 0.3) is 11.4 Å². The molecule has 5 heteroatoms. The smallest absolute Gasteiger partial charge is 0.153 e. The number of nitrogens with zero attached hydrogens (tertiary/aromatic N) is 3. The first-order chi connectivity index (χ1) is 10.3. The SMILES string of the molecule is O=Cc1cn(Cc2ccc(Br)cc2)nc1-c1ccccn1. The first-order valence-electron chi connectivity index (χ1n) is 6.45. The third kappa shape index (κ3) is 3.08. The molecule has 0 aliphatic heterocycles. The van der Waals surface area contributed by atoms with Crippen molar-refractivity contribution in [2.45, 2.75) is 6.54 Å². The van der Waals surface area contributed by atoms with E-state index >= 15 is 0 Å². The molecular formula is C16H12BrN3O. The zero-order valence-corrected chi connectivity index (χ0v) is 12.7. The molecule has 0 amide bonds. The fourth-order valence-electron chi connectivity index (χ4n) is 2.08. The number of aldehydes is 1. The summed E-state index contributed by atoms with van der Waals surface area (Å²) in [5.41, 5.74) is 2.98. The molecule has 0 bridgehead atoms. The van der Waals surface area contributed by atoms with Crippen molar-refractivity contribution >= 4 is 22.2 Å². The highest BCUT2D eigenvalue weighted by molar-refractivity contribution is 9.10. The summed E-state index contributed by atoms with van der Waals surface area (Å²) >= 11 is 3.41. The zero-order valence-electron chi connectivity index (χ0n) is 11.1. The van der Waals surface area contributed by atoms with Gasteiger partial charge in [-0.2, -0.15) is 5.10 Å². The summed E-state index contributed by atoms with van der Waals surface area (Å²) in [7, 11) is 0. The lowest BCUT2D eigenvalue weighted by Crippen LogP contribution is -2.00. The largest absolute Gasteiger partial charge is 0.298 e.